The maximum absolute atomic E-state index is 13.9. The third kappa shape index (κ3) is 19.6. The van der Waals surface area contributed by atoms with Gasteiger partial charge in [-0.1, -0.05) is 62.7 Å². The highest BCUT2D eigenvalue weighted by Gasteiger charge is 2.41. The van der Waals surface area contributed by atoms with Crippen LogP contribution in [0.15, 0.2) is 54.6 Å². The molecule has 74 heavy (non-hydrogen) atoms. The Morgan fingerprint density at radius 3 is 1.81 bits per heavy atom. The molecule has 0 aliphatic carbocycles. The van der Waals surface area contributed by atoms with Crippen molar-refractivity contribution in [1.82, 2.24) is 42.1 Å². The van der Waals surface area contributed by atoms with Crippen LogP contribution < -0.4 is 43.0 Å². The van der Waals surface area contributed by atoms with Gasteiger partial charge in [0, 0.05) is 31.6 Å². The molecule has 1 aliphatic heterocycles. The van der Waals surface area contributed by atoms with Gasteiger partial charge in [0.15, 0.2) is 0 Å². The van der Waals surface area contributed by atoms with Crippen LogP contribution in [-0.4, -0.2) is 169 Å². The predicted molar refractivity (Wildman–Crippen MR) is 266 cm³/mol. The number of rotatable bonds is 30. The van der Waals surface area contributed by atoms with E-state index in [4.69, 9.17) is 10.8 Å². The van der Waals surface area contributed by atoms with Gasteiger partial charge in [0.1, 0.15) is 48.0 Å². The van der Waals surface area contributed by atoms with Crippen molar-refractivity contribution in [2.45, 2.75) is 133 Å². The number of hydrogen-bond donors (Lipinski definition) is 14. The van der Waals surface area contributed by atoms with Gasteiger partial charge >= 0.3 is 17.9 Å². The molecule has 406 valence electrons. The molecule has 26 heteroatoms. The van der Waals surface area contributed by atoms with Crippen LogP contribution in [0.4, 0.5) is 0 Å². The van der Waals surface area contributed by atoms with Crippen molar-refractivity contribution in [2.24, 2.45) is 11.7 Å². The molecule has 2 aromatic carbocycles. The highest BCUT2D eigenvalue weighted by Crippen LogP contribution is 2.21. The highest BCUT2D eigenvalue weighted by atomic mass is 32.1. The molecule has 0 saturated carbocycles. The molecule has 0 aromatic heterocycles. The summed E-state index contributed by atoms with van der Waals surface area (Å²) in [4.78, 5) is 144. The van der Waals surface area contributed by atoms with E-state index < -0.39 is 164 Å². The van der Waals surface area contributed by atoms with Crippen LogP contribution in [0.1, 0.15) is 76.8 Å². The lowest BCUT2D eigenvalue weighted by Gasteiger charge is -2.31. The number of nitrogens with two attached hydrogens (primary N) is 1. The van der Waals surface area contributed by atoms with Gasteiger partial charge in [0.2, 0.25) is 47.3 Å². The molecule has 8 amide bonds. The second-order valence-electron chi connectivity index (χ2n) is 17.9. The summed E-state index contributed by atoms with van der Waals surface area (Å²) in [6.45, 7) is 3.77. The summed E-state index contributed by atoms with van der Waals surface area (Å²) in [7, 11) is 0. The minimum atomic E-state index is -1.71. The fourth-order valence-electron chi connectivity index (χ4n) is 7.72. The van der Waals surface area contributed by atoms with Crippen LogP contribution in [0, 0.1) is 5.92 Å². The zero-order chi connectivity index (χ0) is 55.2. The molecule has 14 N–H and O–H groups in total. The second kappa shape index (κ2) is 30.0. The molecule has 3 rings (SSSR count). The number of aliphatic carboxylic acids is 3. The van der Waals surface area contributed by atoms with Crippen molar-refractivity contribution in [2.75, 3.05) is 18.8 Å². The number of thiol groups is 1. The van der Waals surface area contributed by atoms with E-state index in [-0.39, 0.29) is 38.0 Å². The van der Waals surface area contributed by atoms with Crippen LogP contribution in [-0.2, 0) is 65.6 Å². The van der Waals surface area contributed by atoms with Gasteiger partial charge in [0.05, 0.1) is 18.7 Å². The normalized spacial score (nSPS) is 16.7. The van der Waals surface area contributed by atoms with Gasteiger partial charge in [-0.25, -0.2) is 4.79 Å². The third-order valence-corrected chi connectivity index (χ3v) is 12.5. The number of nitrogens with zero attached hydrogens (tertiary/aromatic N) is 1. The first kappa shape index (κ1) is 61.0. The van der Waals surface area contributed by atoms with Crippen LogP contribution >= 0.6 is 12.6 Å². The molecule has 0 radical (unpaired) electrons. The number of carboxylic acid groups (broad SMARTS) is 3. The summed E-state index contributed by atoms with van der Waals surface area (Å²) in [6, 6.07) is 3.08. The molecule has 0 spiro atoms. The number of carbonyl (C=O) groups is 11. The number of hydrogen-bond acceptors (Lipinski definition) is 15. The fourth-order valence-corrected chi connectivity index (χ4v) is 7.97. The van der Waals surface area contributed by atoms with E-state index in [1.807, 2.05) is 0 Å². The Labute approximate surface area is 431 Å². The maximum atomic E-state index is 13.9. The quantitative estimate of drug-likeness (QED) is 0.0366. The Hall–Kier alpha value is -7.32. The lowest BCUT2D eigenvalue weighted by molar-refractivity contribution is -0.146. The Morgan fingerprint density at radius 2 is 1.24 bits per heavy atom. The molecule has 2 aromatic rings. The third-order valence-electron chi connectivity index (χ3n) is 12.1. The van der Waals surface area contributed by atoms with Crippen LogP contribution in [0.5, 0.6) is 5.75 Å². The summed E-state index contributed by atoms with van der Waals surface area (Å²) >= 11 is 4.19. The van der Waals surface area contributed by atoms with Gasteiger partial charge < -0.3 is 73.4 Å². The monoisotopic (exact) mass is 1060 g/mol. The van der Waals surface area contributed by atoms with E-state index in [9.17, 15) is 73.2 Å². The lowest BCUT2D eigenvalue weighted by Crippen LogP contribution is -2.61. The molecule has 0 unspecified atom stereocenters. The lowest BCUT2D eigenvalue weighted by atomic mass is 9.96. The van der Waals surface area contributed by atoms with Crippen molar-refractivity contribution in [1.29, 1.82) is 0 Å². The van der Waals surface area contributed by atoms with E-state index in [2.05, 4.69) is 49.8 Å². The Balaban J connectivity index is 1.75. The molecule has 25 nitrogen and oxygen atoms in total. The molecule has 1 aliphatic rings. The second-order valence-corrected chi connectivity index (χ2v) is 18.2. The molecular formula is C48H67N9O16S. The number of carbonyl (C=O) groups excluding carboxylic acids is 8. The average Bonchev–Trinajstić information content (AvgIpc) is 3.86. The number of carboxylic acids is 3. The van der Waals surface area contributed by atoms with E-state index in [0.717, 1.165) is 10.5 Å². The van der Waals surface area contributed by atoms with E-state index >= 15 is 0 Å². The molecule has 0 bridgehead atoms. The first-order valence-electron chi connectivity index (χ1n) is 23.9. The number of aliphatic hydroxyl groups is 1. The van der Waals surface area contributed by atoms with Crippen molar-refractivity contribution >= 4 is 77.8 Å². The predicted octanol–water partition coefficient (Wildman–Crippen LogP) is -2.31. The number of aliphatic hydroxyl groups excluding tert-OH is 1. The van der Waals surface area contributed by atoms with E-state index in [1.54, 1.807) is 44.2 Å². The number of amides is 8. The number of benzene rings is 2. The van der Waals surface area contributed by atoms with Crippen molar-refractivity contribution in [3.63, 3.8) is 0 Å². The fraction of sp³-hybridized carbons (Fsp3) is 0.521. The first-order valence-corrected chi connectivity index (χ1v) is 24.5. The first-order chi connectivity index (χ1) is 34.9. The number of phenols is 1. The summed E-state index contributed by atoms with van der Waals surface area (Å²) < 4.78 is 0. The number of nitrogens with one attached hydrogen (secondary N) is 7. The van der Waals surface area contributed by atoms with Crippen LogP contribution in [0.3, 0.4) is 0 Å². The minimum Gasteiger partial charge on any atom is -0.508 e. The van der Waals surface area contributed by atoms with Gasteiger partial charge in [0.25, 0.3) is 0 Å². The maximum Gasteiger partial charge on any atom is 0.326 e. The van der Waals surface area contributed by atoms with Crippen molar-refractivity contribution in [3.05, 3.63) is 65.7 Å². The molecular weight excluding hydrogens is 991 g/mol. The topological polar surface area (TPSA) is 402 Å². The summed E-state index contributed by atoms with van der Waals surface area (Å²) in [5.41, 5.74) is 7.34. The molecule has 1 saturated heterocycles. The van der Waals surface area contributed by atoms with Crippen LogP contribution in [0.25, 0.3) is 0 Å². The van der Waals surface area contributed by atoms with Gasteiger partial charge in [-0.2, -0.15) is 12.6 Å². The molecule has 1 fully saturated rings. The standard InChI is InChI=1S/C48H67N9O16S/c1-4-25(2)39(55-41(65)30(49)21-27-9-6-5-7-10-27)46(70)52-31(16-18-37(61)62)42(66)50-23-36(60)51-33(22-28-12-14-29(59)15-13-28)43(67)54-34(24-74)44(68)56-40(26(3)58)47(71)57-20-8-11-35(57)45(69)53-32(48(72)73)17-19-38(63)64/h5-7,9-10,12-15,25-26,30-35,39-40,58-59,74H,4,8,11,16-24,49H2,1-3H3,(H,50,66)(H,51,60)(H,52,70)(H,53,69)(H,54,67)(H,55,65)(H,56,68)(H,61,62)(H,63,64)(H,72,73)/t25-,26+,30-,31-,32-,33-,34-,35-,39-,40-/m0/s1. The summed E-state index contributed by atoms with van der Waals surface area (Å²) in [6.07, 6.45) is -2.95. The summed E-state index contributed by atoms with van der Waals surface area (Å²) in [5, 5.41) is 65.4. The smallest absolute Gasteiger partial charge is 0.326 e. The Kier molecular flexibility index (Phi) is 24.7. The SMILES string of the molecule is CC[C@H](C)[C@H](NC(=O)[C@@H](N)Cc1ccccc1)C(=O)N[C@@H](CCC(=O)O)C(=O)NCC(=O)N[C@@H](Cc1ccc(O)cc1)C(=O)N[C@@H](CS)C(=O)N[C@H](C(=O)N1CCC[C@H]1C(=O)N[C@@H](CCC(=O)O)C(=O)O)[C@@H](C)O. The zero-order valence-electron chi connectivity index (χ0n) is 41.2. The minimum absolute atomic E-state index is 0.0316. The molecule has 1 heterocycles. The van der Waals surface area contributed by atoms with Gasteiger partial charge in [-0.05, 0) is 68.2 Å². The highest BCUT2D eigenvalue weighted by molar-refractivity contribution is 7.80. The number of phenolic OH excluding ortho intramolecular Hbond substituents is 1. The van der Waals surface area contributed by atoms with E-state index in [0.29, 0.717) is 12.0 Å². The average molecular weight is 1060 g/mol. The van der Waals surface area contributed by atoms with Gasteiger partial charge in [-0.15, -0.1) is 0 Å². The van der Waals surface area contributed by atoms with Crippen molar-refractivity contribution in [3.8, 4) is 5.75 Å². The number of likely N-dealkylation sites (tertiary alicyclic amines) is 1. The zero-order valence-corrected chi connectivity index (χ0v) is 42.0. The Bertz CT molecular complexity index is 2310. The number of aromatic hydroxyl groups is 1. The Morgan fingerprint density at radius 1 is 0.676 bits per heavy atom. The van der Waals surface area contributed by atoms with E-state index in [1.165, 1.54) is 31.2 Å². The van der Waals surface area contributed by atoms with Crippen molar-refractivity contribution < 1.29 is 78.3 Å². The summed E-state index contributed by atoms with van der Waals surface area (Å²) in [5.74, 6) is -12.4. The molecule has 10 atom stereocenters. The largest absolute Gasteiger partial charge is 0.508 e. The van der Waals surface area contributed by atoms with Gasteiger partial charge in [-0.3, -0.25) is 47.9 Å². The van der Waals surface area contributed by atoms with Crippen LogP contribution in [0.2, 0.25) is 0 Å².